The van der Waals surface area contributed by atoms with Gasteiger partial charge in [-0.3, -0.25) is 4.79 Å². The predicted molar refractivity (Wildman–Crippen MR) is 90.4 cm³/mol. The molecule has 118 valence electrons. The van der Waals surface area contributed by atoms with Crippen LogP contribution in [0.25, 0.3) is 0 Å². The van der Waals surface area contributed by atoms with Crippen molar-refractivity contribution >= 4 is 17.2 Å². The fourth-order valence-corrected chi connectivity index (χ4v) is 2.89. The number of nitrogens with one attached hydrogen (secondary N) is 1. The molecule has 4 nitrogen and oxygen atoms in total. The lowest BCUT2D eigenvalue weighted by Gasteiger charge is -2.24. The summed E-state index contributed by atoms with van der Waals surface area (Å²) in [6, 6.07) is 9.95. The Morgan fingerprint density at radius 2 is 2.09 bits per heavy atom. The first kappa shape index (κ1) is 16.5. The first-order valence-corrected chi connectivity index (χ1v) is 8.16. The topological polar surface area (TPSA) is 41.6 Å². The average molecular weight is 318 g/mol. The van der Waals surface area contributed by atoms with Gasteiger partial charge < -0.3 is 15.0 Å². The lowest BCUT2D eigenvalue weighted by Crippen LogP contribution is -2.36. The molecule has 0 spiro atoms. The Morgan fingerprint density at radius 1 is 1.32 bits per heavy atom. The van der Waals surface area contributed by atoms with Gasteiger partial charge >= 0.3 is 0 Å². The zero-order chi connectivity index (χ0) is 15.9. The average Bonchev–Trinajstić information content (AvgIpc) is 3.00. The maximum atomic E-state index is 12.0. The summed E-state index contributed by atoms with van der Waals surface area (Å²) >= 11 is 1.66. The smallest absolute Gasteiger partial charge is 0.258 e. The molecule has 2 rings (SSSR count). The molecule has 0 aliphatic heterocycles. The number of benzene rings is 1. The fourth-order valence-electron chi connectivity index (χ4n) is 2.19. The molecule has 1 unspecified atom stereocenters. The lowest BCUT2D eigenvalue weighted by atomic mass is 10.1. The molecule has 1 atom stereocenters. The van der Waals surface area contributed by atoms with Crippen LogP contribution in [0, 0.1) is 6.92 Å². The normalized spacial score (nSPS) is 12.2. The van der Waals surface area contributed by atoms with Crippen molar-refractivity contribution < 1.29 is 9.53 Å². The summed E-state index contributed by atoms with van der Waals surface area (Å²) in [6.45, 7) is 2.57. The number of nitrogens with zero attached hydrogens (tertiary/aromatic N) is 1. The van der Waals surface area contributed by atoms with E-state index in [-0.39, 0.29) is 18.6 Å². The SMILES string of the molecule is Cc1ccccc1OCC(=O)NCC(c1ccsc1)N(C)C. The second-order valence-corrected chi connectivity index (χ2v) is 6.17. The summed E-state index contributed by atoms with van der Waals surface area (Å²) in [5.41, 5.74) is 2.25. The van der Waals surface area contributed by atoms with Gasteiger partial charge in [0.1, 0.15) is 5.75 Å². The molecule has 5 heteroatoms. The van der Waals surface area contributed by atoms with Gasteiger partial charge in [0.2, 0.25) is 0 Å². The van der Waals surface area contributed by atoms with E-state index < -0.39 is 0 Å². The van der Waals surface area contributed by atoms with Crippen LogP contribution in [-0.2, 0) is 4.79 Å². The summed E-state index contributed by atoms with van der Waals surface area (Å²) in [5, 5.41) is 7.10. The highest BCUT2D eigenvalue weighted by Crippen LogP contribution is 2.20. The van der Waals surface area contributed by atoms with Gasteiger partial charge in [-0.2, -0.15) is 11.3 Å². The van der Waals surface area contributed by atoms with Crippen LogP contribution in [0.1, 0.15) is 17.2 Å². The quantitative estimate of drug-likeness (QED) is 0.853. The number of likely N-dealkylation sites (N-methyl/N-ethyl adjacent to an activating group) is 1. The van der Waals surface area contributed by atoms with Crippen molar-refractivity contribution in [3.63, 3.8) is 0 Å². The Bertz CT molecular complexity index is 596. The van der Waals surface area contributed by atoms with E-state index in [2.05, 4.69) is 27.0 Å². The third-order valence-electron chi connectivity index (χ3n) is 3.50. The van der Waals surface area contributed by atoms with Crippen LogP contribution in [0.15, 0.2) is 41.1 Å². The predicted octanol–water partition coefficient (Wildman–Crippen LogP) is 2.85. The molecule has 0 fully saturated rings. The number of rotatable bonds is 7. The number of thiophene rings is 1. The number of para-hydroxylation sites is 1. The zero-order valence-electron chi connectivity index (χ0n) is 13.2. The summed E-state index contributed by atoms with van der Waals surface area (Å²) in [5.74, 6) is 0.643. The lowest BCUT2D eigenvalue weighted by molar-refractivity contribution is -0.123. The summed E-state index contributed by atoms with van der Waals surface area (Å²) in [4.78, 5) is 14.1. The molecule has 2 aromatic rings. The van der Waals surface area contributed by atoms with Crippen LogP contribution < -0.4 is 10.1 Å². The maximum absolute atomic E-state index is 12.0. The van der Waals surface area contributed by atoms with Gasteiger partial charge in [0.25, 0.3) is 5.91 Å². The number of ether oxygens (including phenoxy) is 1. The fraction of sp³-hybridized carbons (Fsp3) is 0.353. The molecule has 22 heavy (non-hydrogen) atoms. The van der Waals surface area contributed by atoms with Crippen molar-refractivity contribution in [3.05, 3.63) is 52.2 Å². The first-order valence-electron chi connectivity index (χ1n) is 7.21. The number of hydrogen-bond donors (Lipinski definition) is 1. The van der Waals surface area contributed by atoms with Gasteiger partial charge in [-0.1, -0.05) is 18.2 Å². The van der Waals surface area contributed by atoms with E-state index in [1.807, 2.05) is 45.3 Å². The summed E-state index contributed by atoms with van der Waals surface area (Å²) in [6.07, 6.45) is 0. The van der Waals surface area contributed by atoms with Crippen molar-refractivity contribution in [2.75, 3.05) is 27.2 Å². The summed E-state index contributed by atoms with van der Waals surface area (Å²) < 4.78 is 5.56. The van der Waals surface area contributed by atoms with E-state index in [4.69, 9.17) is 4.74 Å². The van der Waals surface area contributed by atoms with Crippen LogP contribution in [0.2, 0.25) is 0 Å². The van der Waals surface area contributed by atoms with Crippen molar-refractivity contribution in [1.29, 1.82) is 0 Å². The van der Waals surface area contributed by atoms with Crippen LogP contribution in [0.5, 0.6) is 5.75 Å². The van der Waals surface area contributed by atoms with Crippen molar-refractivity contribution in [1.82, 2.24) is 10.2 Å². The first-order chi connectivity index (χ1) is 10.6. The maximum Gasteiger partial charge on any atom is 0.258 e. The Balaban J connectivity index is 1.83. The molecule has 0 radical (unpaired) electrons. The van der Waals surface area contributed by atoms with Crippen LogP contribution in [0.3, 0.4) is 0 Å². The van der Waals surface area contributed by atoms with E-state index >= 15 is 0 Å². The van der Waals surface area contributed by atoms with E-state index in [1.165, 1.54) is 5.56 Å². The van der Waals surface area contributed by atoms with Gasteiger partial charge in [-0.05, 0) is 55.0 Å². The molecule has 1 heterocycles. The molecule has 1 aromatic carbocycles. The Kier molecular flexibility index (Phi) is 5.98. The Labute approximate surface area is 135 Å². The standard InChI is InChI=1S/C17H22N2O2S/c1-13-6-4-5-7-16(13)21-11-17(20)18-10-15(19(2)3)14-8-9-22-12-14/h4-9,12,15H,10-11H2,1-3H3,(H,18,20). The van der Waals surface area contributed by atoms with Gasteiger partial charge in [0.05, 0.1) is 6.04 Å². The van der Waals surface area contributed by atoms with E-state index in [9.17, 15) is 4.79 Å². The number of aryl methyl sites for hydroxylation is 1. The van der Waals surface area contributed by atoms with Crippen molar-refractivity contribution in [2.24, 2.45) is 0 Å². The molecule has 0 bridgehead atoms. The van der Waals surface area contributed by atoms with E-state index in [1.54, 1.807) is 11.3 Å². The minimum atomic E-state index is -0.106. The highest BCUT2D eigenvalue weighted by atomic mass is 32.1. The van der Waals surface area contributed by atoms with E-state index in [0.29, 0.717) is 6.54 Å². The van der Waals surface area contributed by atoms with Gasteiger partial charge in [-0.25, -0.2) is 0 Å². The van der Waals surface area contributed by atoms with Gasteiger partial charge in [-0.15, -0.1) is 0 Å². The second-order valence-electron chi connectivity index (χ2n) is 5.39. The molecule has 0 aliphatic carbocycles. The molecule has 0 aliphatic rings. The number of carbonyl (C=O) groups excluding carboxylic acids is 1. The zero-order valence-corrected chi connectivity index (χ0v) is 14.0. The second kappa shape index (κ2) is 7.96. The highest BCUT2D eigenvalue weighted by molar-refractivity contribution is 7.07. The Morgan fingerprint density at radius 3 is 2.73 bits per heavy atom. The summed E-state index contributed by atoms with van der Waals surface area (Å²) in [7, 11) is 4.02. The monoisotopic (exact) mass is 318 g/mol. The minimum absolute atomic E-state index is 0.0363. The van der Waals surface area contributed by atoms with Crippen molar-refractivity contribution in [2.45, 2.75) is 13.0 Å². The van der Waals surface area contributed by atoms with Crippen LogP contribution in [0.4, 0.5) is 0 Å². The molecule has 1 N–H and O–H groups in total. The van der Waals surface area contributed by atoms with Crippen LogP contribution >= 0.6 is 11.3 Å². The third kappa shape index (κ3) is 4.58. The largest absolute Gasteiger partial charge is 0.484 e. The molecule has 1 amide bonds. The molecular formula is C17H22N2O2S. The molecule has 0 saturated carbocycles. The molecule has 1 aromatic heterocycles. The molecule has 0 saturated heterocycles. The Hall–Kier alpha value is -1.85. The number of hydrogen-bond acceptors (Lipinski definition) is 4. The highest BCUT2D eigenvalue weighted by Gasteiger charge is 2.15. The minimum Gasteiger partial charge on any atom is -0.484 e. The number of amides is 1. The van der Waals surface area contributed by atoms with E-state index in [0.717, 1.165) is 11.3 Å². The number of carbonyl (C=O) groups is 1. The van der Waals surface area contributed by atoms with Gasteiger partial charge in [0, 0.05) is 6.54 Å². The van der Waals surface area contributed by atoms with Crippen molar-refractivity contribution in [3.8, 4) is 5.75 Å². The molecular weight excluding hydrogens is 296 g/mol. The third-order valence-corrected chi connectivity index (χ3v) is 4.20. The van der Waals surface area contributed by atoms with Crippen LogP contribution in [-0.4, -0.2) is 38.1 Å². The van der Waals surface area contributed by atoms with Gasteiger partial charge in [0.15, 0.2) is 6.61 Å².